The molecule has 0 aromatic heterocycles. The highest BCUT2D eigenvalue weighted by molar-refractivity contribution is 9.10. The smallest absolute Gasteiger partial charge is 0.335 e. The summed E-state index contributed by atoms with van der Waals surface area (Å²) in [5.41, 5.74) is 1.28. The third-order valence-corrected chi connectivity index (χ3v) is 2.79. The molecule has 0 fully saturated rings. The van der Waals surface area contributed by atoms with Crippen molar-refractivity contribution in [1.29, 1.82) is 0 Å². The van der Waals surface area contributed by atoms with E-state index < -0.39 is 5.97 Å². The van der Waals surface area contributed by atoms with Crippen molar-refractivity contribution in [3.05, 3.63) is 39.9 Å². The minimum absolute atomic E-state index is 0.291. The van der Waals surface area contributed by atoms with Crippen LogP contribution in [0.4, 0.5) is 0 Å². The van der Waals surface area contributed by atoms with Crippen molar-refractivity contribution in [3.8, 4) is 0 Å². The van der Waals surface area contributed by atoms with Gasteiger partial charge in [-0.2, -0.15) is 0 Å². The molecule has 0 saturated carbocycles. The lowest BCUT2D eigenvalue weighted by atomic mass is 10.1. The fraction of sp³-hybridized carbons (Fsp3) is 0.250. The van der Waals surface area contributed by atoms with Crippen LogP contribution in [0.15, 0.2) is 28.7 Å². The van der Waals surface area contributed by atoms with Gasteiger partial charge in [-0.25, -0.2) is 4.79 Å². The van der Waals surface area contributed by atoms with Gasteiger partial charge < -0.3 is 10.4 Å². The predicted molar refractivity (Wildman–Crippen MR) is 68.7 cm³/mol. The molecule has 2 N–H and O–H groups in total. The second-order valence-corrected chi connectivity index (χ2v) is 4.19. The molecule has 16 heavy (non-hydrogen) atoms. The molecule has 0 amide bonds. The zero-order valence-electron chi connectivity index (χ0n) is 9.03. The molecule has 0 atom stereocenters. The van der Waals surface area contributed by atoms with E-state index in [0.717, 1.165) is 23.0 Å². The van der Waals surface area contributed by atoms with Gasteiger partial charge in [-0.1, -0.05) is 34.1 Å². The van der Waals surface area contributed by atoms with Crippen LogP contribution in [-0.2, 0) is 0 Å². The summed E-state index contributed by atoms with van der Waals surface area (Å²) in [6.07, 6.45) is 4.98. The molecular weight excluding hydrogens is 270 g/mol. The number of hydrogen-bond donors (Lipinski definition) is 2. The number of rotatable bonds is 5. The van der Waals surface area contributed by atoms with E-state index in [2.05, 4.69) is 27.3 Å². The van der Waals surface area contributed by atoms with Crippen LogP contribution in [0.1, 0.15) is 22.3 Å². The number of aromatic carboxylic acids is 1. The topological polar surface area (TPSA) is 49.3 Å². The minimum Gasteiger partial charge on any atom is -0.478 e. The Bertz CT molecular complexity index is 402. The summed E-state index contributed by atoms with van der Waals surface area (Å²) in [6, 6.07) is 5.01. The maximum absolute atomic E-state index is 10.7. The maximum Gasteiger partial charge on any atom is 0.335 e. The first-order chi connectivity index (χ1) is 7.65. The van der Waals surface area contributed by atoms with Gasteiger partial charge in [-0.05, 0) is 37.7 Å². The minimum atomic E-state index is -0.911. The Labute approximate surface area is 103 Å². The third kappa shape index (κ3) is 3.79. The standard InChI is InChI=1S/C12H14BrNO2/c1-14-7-3-2-4-9-5-6-10(12(15)16)8-11(9)13/h2,4-6,8,14H,3,7H2,1H3,(H,15,16). The third-order valence-electron chi connectivity index (χ3n) is 2.11. The van der Waals surface area contributed by atoms with E-state index in [-0.39, 0.29) is 0 Å². The normalized spacial score (nSPS) is 10.9. The van der Waals surface area contributed by atoms with Gasteiger partial charge in [-0.3, -0.25) is 0 Å². The van der Waals surface area contributed by atoms with Crippen LogP contribution in [0.3, 0.4) is 0 Å². The van der Waals surface area contributed by atoms with Gasteiger partial charge in [0.25, 0.3) is 0 Å². The lowest BCUT2D eigenvalue weighted by Gasteiger charge is -2.00. The molecule has 86 valence electrons. The van der Waals surface area contributed by atoms with Crippen molar-refractivity contribution in [3.63, 3.8) is 0 Å². The SMILES string of the molecule is CNCCC=Cc1ccc(C(=O)O)cc1Br. The molecule has 1 aromatic rings. The van der Waals surface area contributed by atoms with Gasteiger partial charge >= 0.3 is 5.97 Å². The van der Waals surface area contributed by atoms with Crippen LogP contribution in [0, 0.1) is 0 Å². The number of carbonyl (C=O) groups is 1. The largest absolute Gasteiger partial charge is 0.478 e. The highest BCUT2D eigenvalue weighted by Gasteiger charge is 2.04. The summed E-state index contributed by atoms with van der Waals surface area (Å²) in [5.74, 6) is -0.911. The van der Waals surface area contributed by atoms with Crippen LogP contribution in [0.2, 0.25) is 0 Å². The Morgan fingerprint density at radius 3 is 2.88 bits per heavy atom. The average molecular weight is 284 g/mol. The Morgan fingerprint density at radius 2 is 2.31 bits per heavy atom. The van der Waals surface area contributed by atoms with E-state index in [0.29, 0.717) is 5.56 Å². The molecule has 0 aliphatic rings. The van der Waals surface area contributed by atoms with Crippen molar-refractivity contribution in [2.24, 2.45) is 0 Å². The molecule has 0 radical (unpaired) electrons. The first kappa shape index (κ1) is 12.9. The fourth-order valence-corrected chi connectivity index (χ4v) is 1.74. The Balaban J connectivity index is 2.75. The molecule has 0 aliphatic carbocycles. The molecule has 0 heterocycles. The molecule has 4 heteroatoms. The van der Waals surface area contributed by atoms with Crippen LogP contribution < -0.4 is 5.32 Å². The van der Waals surface area contributed by atoms with E-state index in [9.17, 15) is 4.79 Å². The van der Waals surface area contributed by atoms with Gasteiger partial charge in [0.05, 0.1) is 5.56 Å². The molecule has 1 rings (SSSR count). The monoisotopic (exact) mass is 283 g/mol. The molecule has 3 nitrogen and oxygen atoms in total. The molecule has 0 aliphatic heterocycles. The fourth-order valence-electron chi connectivity index (χ4n) is 1.23. The average Bonchev–Trinajstić information content (AvgIpc) is 2.26. The first-order valence-electron chi connectivity index (χ1n) is 4.99. The summed E-state index contributed by atoms with van der Waals surface area (Å²) < 4.78 is 0.799. The van der Waals surface area contributed by atoms with E-state index >= 15 is 0 Å². The molecule has 0 unspecified atom stereocenters. The van der Waals surface area contributed by atoms with Crippen molar-refractivity contribution in [2.75, 3.05) is 13.6 Å². The van der Waals surface area contributed by atoms with Gasteiger partial charge in [0.1, 0.15) is 0 Å². The highest BCUT2D eigenvalue weighted by Crippen LogP contribution is 2.20. The molecular formula is C12H14BrNO2. The predicted octanol–water partition coefficient (Wildman–Crippen LogP) is 2.77. The summed E-state index contributed by atoms with van der Waals surface area (Å²) in [5, 5.41) is 11.9. The van der Waals surface area contributed by atoms with Crippen molar-refractivity contribution < 1.29 is 9.90 Å². The van der Waals surface area contributed by atoms with E-state index in [1.54, 1.807) is 18.2 Å². The quantitative estimate of drug-likeness (QED) is 0.817. The summed E-state index contributed by atoms with van der Waals surface area (Å²) >= 11 is 3.35. The second kappa shape index (κ2) is 6.45. The van der Waals surface area contributed by atoms with Crippen LogP contribution >= 0.6 is 15.9 Å². The molecule has 1 aromatic carbocycles. The zero-order valence-corrected chi connectivity index (χ0v) is 10.6. The van der Waals surface area contributed by atoms with Gasteiger partial charge in [0, 0.05) is 4.47 Å². The Kier molecular flexibility index (Phi) is 5.22. The van der Waals surface area contributed by atoms with Crippen molar-refractivity contribution >= 4 is 28.0 Å². The maximum atomic E-state index is 10.7. The molecule has 0 bridgehead atoms. The second-order valence-electron chi connectivity index (χ2n) is 3.34. The van der Waals surface area contributed by atoms with E-state index in [4.69, 9.17) is 5.11 Å². The number of hydrogen-bond acceptors (Lipinski definition) is 2. The van der Waals surface area contributed by atoms with E-state index in [1.807, 2.05) is 13.1 Å². The first-order valence-corrected chi connectivity index (χ1v) is 5.78. The van der Waals surface area contributed by atoms with Crippen LogP contribution in [-0.4, -0.2) is 24.7 Å². The van der Waals surface area contributed by atoms with Crippen LogP contribution in [0.25, 0.3) is 6.08 Å². The van der Waals surface area contributed by atoms with Gasteiger partial charge in [0.2, 0.25) is 0 Å². The molecule has 0 saturated heterocycles. The number of carboxylic acids is 1. The number of benzene rings is 1. The summed E-state index contributed by atoms with van der Waals surface area (Å²) in [4.78, 5) is 10.7. The zero-order chi connectivity index (χ0) is 12.0. The van der Waals surface area contributed by atoms with Gasteiger partial charge in [0.15, 0.2) is 0 Å². The molecule has 0 spiro atoms. The van der Waals surface area contributed by atoms with Gasteiger partial charge in [-0.15, -0.1) is 0 Å². The van der Waals surface area contributed by atoms with Crippen molar-refractivity contribution in [2.45, 2.75) is 6.42 Å². The number of carboxylic acid groups (broad SMARTS) is 1. The highest BCUT2D eigenvalue weighted by atomic mass is 79.9. The number of halogens is 1. The van der Waals surface area contributed by atoms with Crippen LogP contribution in [0.5, 0.6) is 0 Å². The Morgan fingerprint density at radius 1 is 1.56 bits per heavy atom. The number of nitrogens with one attached hydrogen (secondary N) is 1. The van der Waals surface area contributed by atoms with Crippen molar-refractivity contribution in [1.82, 2.24) is 5.32 Å². The lowest BCUT2D eigenvalue weighted by Crippen LogP contribution is -2.05. The Hall–Kier alpha value is -1.13. The lowest BCUT2D eigenvalue weighted by molar-refractivity contribution is 0.0697. The summed E-state index contributed by atoms with van der Waals surface area (Å²) in [6.45, 7) is 0.932. The summed E-state index contributed by atoms with van der Waals surface area (Å²) in [7, 11) is 1.91. The van der Waals surface area contributed by atoms with E-state index in [1.165, 1.54) is 0 Å².